The highest BCUT2D eigenvalue weighted by Crippen LogP contribution is 2.23. The Morgan fingerprint density at radius 2 is 1.64 bits per heavy atom. The third-order valence-corrected chi connectivity index (χ3v) is 5.00. The second-order valence-corrected chi connectivity index (χ2v) is 6.95. The maximum absolute atomic E-state index is 12.3. The van der Waals surface area contributed by atoms with Crippen LogP contribution < -0.4 is 10.0 Å². The van der Waals surface area contributed by atoms with E-state index >= 15 is 0 Å². The lowest BCUT2D eigenvalue weighted by Gasteiger charge is -2.10. The largest absolute Gasteiger partial charge is 0.385 e. The third-order valence-electron chi connectivity index (χ3n) is 3.12. The first-order valence-electron chi connectivity index (χ1n) is 7.14. The van der Waals surface area contributed by atoms with E-state index in [9.17, 15) is 8.42 Å². The summed E-state index contributed by atoms with van der Waals surface area (Å²) >= 11 is 5.94. The lowest BCUT2D eigenvalue weighted by Crippen LogP contribution is -2.13. The molecule has 0 heterocycles. The summed E-state index contributed by atoms with van der Waals surface area (Å²) in [5.74, 6) is 0. The summed E-state index contributed by atoms with van der Waals surface area (Å²) in [6.07, 6.45) is 2.23. The first-order chi connectivity index (χ1) is 10.5. The summed E-state index contributed by atoms with van der Waals surface area (Å²) in [4.78, 5) is 0.0711. The normalized spacial score (nSPS) is 11.2. The van der Waals surface area contributed by atoms with Gasteiger partial charge in [-0.15, -0.1) is 0 Å². The van der Waals surface area contributed by atoms with E-state index in [-0.39, 0.29) is 9.92 Å². The van der Waals surface area contributed by atoms with E-state index in [2.05, 4.69) is 17.0 Å². The Morgan fingerprint density at radius 1 is 1.00 bits per heavy atom. The molecule has 0 saturated carbocycles. The molecule has 2 N–H and O–H groups in total. The van der Waals surface area contributed by atoms with Gasteiger partial charge >= 0.3 is 0 Å². The molecule has 0 aromatic heterocycles. The molecule has 118 valence electrons. The number of halogens is 1. The minimum Gasteiger partial charge on any atom is -0.385 e. The van der Waals surface area contributed by atoms with Crippen molar-refractivity contribution < 1.29 is 8.42 Å². The molecule has 0 unspecified atom stereocenters. The maximum atomic E-state index is 12.3. The van der Waals surface area contributed by atoms with Gasteiger partial charge in [-0.3, -0.25) is 4.72 Å². The van der Waals surface area contributed by atoms with Crippen LogP contribution in [-0.4, -0.2) is 15.0 Å². The van der Waals surface area contributed by atoms with Crippen molar-refractivity contribution in [1.29, 1.82) is 0 Å². The highest BCUT2D eigenvalue weighted by Gasteiger charge is 2.17. The van der Waals surface area contributed by atoms with E-state index in [1.165, 1.54) is 6.07 Å². The fourth-order valence-electron chi connectivity index (χ4n) is 1.94. The smallest absolute Gasteiger partial charge is 0.263 e. The van der Waals surface area contributed by atoms with Crippen molar-refractivity contribution in [2.24, 2.45) is 0 Å². The van der Waals surface area contributed by atoms with Crippen molar-refractivity contribution in [3.8, 4) is 0 Å². The zero-order chi connectivity index (χ0) is 16.0. The SMILES string of the molecule is CCCCNc1ccc(NS(=O)(=O)c2ccccc2Cl)cc1. The average Bonchev–Trinajstić information content (AvgIpc) is 2.49. The molecule has 2 aromatic carbocycles. The van der Waals surface area contributed by atoms with Gasteiger partial charge in [-0.05, 0) is 42.8 Å². The van der Waals surface area contributed by atoms with Gasteiger partial charge in [0, 0.05) is 17.9 Å². The molecule has 2 rings (SSSR count). The highest BCUT2D eigenvalue weighted by atomic mass is 35.5. The number of hydrogen-bond donors (Lipinski definition) is 2. The molecule has 22 heavy (non-hydrogen) atoms. The van der Waals surface area contributed by atoms with Crippen molar-refractivity contribution in [2.45, 2.75) is 24.7 Å². The van der Waals surface area contributed by atoms with E-state index < -0.39 is 10.0 Å². The van der Waals surface area contributed by atoms with Crippen LogP contribution in [-0.2, 0) is 10.0 Å². The Balaban J connectivity index is 2.09. The van der Waals surface area contributed by atoms with Crippen LogP contribution in [0.5, 0.6) is 0 Å². The summed E-state index contributed by atoms with van der Waals surface area (Å²) in [5.41, 5.74) is 1.47. The number of hydrogen-bond acceptors (Lipinski definition) is 3. The molecular weight excluding hydrogens is 320 g/mol. The van der Waals surface area contributed by atoms with E-state index in [0.29, 0.717) is 5.69 Å². The molecule has 0 aliphatic heterocycles. The molecular formula is C16H19ClN2O2S. The van der Waals surface area contributed by atoms with Crippen molar-refractivity contribution in [3.63, 3.8) is 0 Å². The predicted octanol–water partition coefficient (Wildman–Crippen LogP) is 4.35. The Bertz CT molecular complexity index is 715. The molecule has 0 amide bonds. The van der Waals surface area contributed by atoms with Gasteiger partial charge in [0.05, 0.1) is 5.02 Å². The maximum Gasteiger partial charge on any atom is 0.263 e. The fraction of sp³-hybridized carbons (Fsp3) is 0.250. The van der Waals surface area contributed by atoms with Crippen LogP contribution in [0.2, 0.25) is 5.02 Å². The average molecular weight is 339 g/mol. The minimum atomic E-state index is -3.68. The first kappa shape index (κ1) is 16.6. The summed E-state index contributed by atoms with van der Waals surface area (Å²) in [7, 11) is -3.68. The summed E-state index contributed by atoms with van der Waals surface area (Å²) < 4.78 is 27.1. The molecule has 0 aliphatic carbocycles. The van der Waals surface area contributed by atoms with Gasteiger partial charge in [0.15, 0.2) is 0 Å². The number of anilines is 2. The Hall–Kier alpha value is -1.72. The number of nitrogens with one attached hydrogen (secondary N) is 2. The summed E-state index contributed by atoms with van der Waals surface area (Å²) in [6, 6.07) is 13.5. The van der Waals surface area contributed by atoms with Crippen LogP contribution in [0.4, 0.5) is 11.4 Å². The second kappa shape index (κ2) is 7.51. The van der Waals surface area contributed by atoms with Crippen LogP contribution in [0.15, 0.2) is 53.4 Å². The molecule has 0 spiro atoms. The molecule has 0 bridgehead atoms. The lowest BCUT2D eigenvalue weighted by molar-refractivity contribution is 0.601. The standard InChI is InChI=1S/C16H19ClN2O2S/c1-2-3-12-18-13-8-10-14(11-9-13)19-22(20,21)16-7-5-4-6-15(16)17/h4-11,18-19H,2-3,12H2,1H3. The number of unbranched alkanes of at least 4 members (excludes halogenated alkanes) is 1. The lowest BCUT2D eigenvalue weighted by atomic mass is 10.2. The van der Waals surface area contributed by atoms with Gasteiger partial charge in [0.2, 0.25) is 0 Å². The third kappa shape index (κ3) is 4.39. The number of sulfonamides is 1. The van der Waals surface area contributed by atoms with Crippen LogP contribution >= 0.6 is 11.6 Å². The van der Waals surface area contributed by atoms with Gasteiger partial charge in [-0.2, -0.15) is 0 Å². The predicted molar refractivity (Wildman–Crippen MR) is 92.1 cm³/mol. The quantitative estimate of drug-likeness (QED) is 0.738. The van der Waals surface area contributed by atoms with Crippen molar-refractivity contribution in [3.05, 3.63) is 53.6 Å². The van der Waals surface area contributed by atoms with E-state index in [0.717, 1.165) is 25.1 Å². The van der Waals surface area contributed by atoms with Crippen molar-refractivity contribution in [2.75, 3.05) is 16.6 Å². The summed E-state index contributed by atoms with van der Waals surface area (Å²) in [5, 5.41) is 3.48. The van der Waals surface area contributed by atoms with Gasteiger partial charge in [-0.1, -0.05) is 37.1 Å². The van der Waals surface area contributed by atoms with E-state index in [4.69, 9.17) is 11.6 Å². The van der Waals surface area contributed by atoms with Crippen LogP contribution in [0.1, 0.15) is 19.8 Å². The summed E-state index contributed by atoms with van der Waals surface area (Å²) in [6.45, 7) is 3.04. The fourth-order valence-corrected chi connectivity index (χ4v) is 3.52. The van der Waals surface area contributed by atoms with Crippen molar-refractivity contribution in [1.82, 2.24) is 0 Å². The topological polar surface area (TPSA) is 58.2 Å². The zero-order valence-electron chi connectivity index (χ0n) is 12.3. The molecule has 0 atom stereocenters. The Kier molecular flexibility index (Phi) is 5.69. The highest BCUT2D eigenvalue weighted by molar-refractivity contribution is 7.92. The molecule has 4 nitrogen and oxygen atoms in total. The molecule has 0 radical (unpaired) electrons. The van der Waals surface area contributed by atoms with Crippen molar-refractivity contribution >= 4 is 33.0 Å². The van der Waals surface area contributed by atoms with Gasteiger partial charge < -0.3 is 5.32 Å². The van der Waals surface area contributed by atoms with E-state index in [1.54, 1.807) is 30.3 Å². The molecule has 6 heteroatoms. The number of benzene rings is 2. The second-order valence-electron chi connectivity index (χ2n) is 4.89. The molecule has 2 aromatic rings. The van der Waals surface area contributed by atoms with Crippen LogP contribution in [0.3, 0.4) is 0 Å². The molecule has 0 saturated heterocycles. The Labute approximate surface area is 136 Å². The van der Waals surface area contributed by atoms with E-state index in [1.807, 2.05) is 12.1 Å². The Morgan fingerprint density at radius 3 is 2.27 bits per heavy atom. The molecule has 0 fully saturated rings. The number of rotatable bonds is 7. The minimum absolute atomic E-state index is 0.0711. The van der Waals surface area contributed by atoms with Gasteiger partial charge in [0.25, 0.3) is 10.0 Å². The monoisotopic (exact) mass is 338 g/mol. The first-order valence-corrected chi connectivity index (χ1v) is 9.00. The van der Waals surface area contributed by atoms with Gasteiger partial charge in [0.1, 0.15) is 4.90 Å². The zero-order valence-corrected chi connectivity index (χ0v) is 13.9. The van der Waals surface area contributed by atoms with Crippen LogP contribution in [0, 0.1) is 0 Å². The van der Waals surface area contributed by atoms with Crippen LogP contribution in [0.25, 0.3) is 0 Å². The molecule has 0 aliphatic rings. The van der Waals surface area contributed by atoms with Gasteiger partial charge in [-0.25, -0.2) is 8.42 Å².